The van der Waals surface area contributed by atoms with Crippen molar-refractivity contribution in [3.8, 4) is 5.88 Å². The Bertz CT molecular complexity index is 379. The fourth-order valence-electron chi connectivity index (χ4n) is 1.68. The number of hydrogen-bond acceptors (Lipinski definition) is 5. The molecule has 18 heavy (non-hydrogen) atoms. The molecule has 5 nitrogen and oxygen atoms in total. The standard InChI is InChI=1S/C13H22N4O/c1-10(2)18-13-8-12(15-9-16-13)17(3)7-6-14-11-4-5-11/h8-11,14H,4-7H2,1-3H3. The van der Waals surface area contributed by atoms with Crippen LogP contribution in [0.3, 0.4) is 0 Å². The van der Waals surface area contributed by atoms with Crippen LogP contribution in [0, 0.1) is 0 Å². The zero-order chi connectivity index (χ0) is 13.0. The summed E-state index contributed by atoms with van der Waals surface area (Å²) in [5, 5.41) is 3.49. The SMILES string of the molecule is CC(C)Oc1cc(N(C)CCNC2CC2)ncn1. The lowest BCUT2D eigenvalue weighted by Crippen LogP contribution is -2.30. The van der Waals surface area contributed by atoms with Crippen LogP contribution in [0.1, 0.15) is 26.7 Å². The largest absolute Gasteiger partial charge is 0.475 e. The molecule has 0 saturated heterocycles. The fraction of sp³-hybridized carbons (Fsp3) is 0.692. The van der Waals surface area contributed by atoms with E-state index >= 15 is 0 Å². The molecular weight excluding hydrogens is 228 g/mol. The van der Waals surface area contributed by atoms with Crippen LogP contribution in [-0.2, 0) is 0 Å². The van der Waals surface area contributed by atoms with E-state index in [2.05, 4.69) is 20.2 Å². The Morgan fingerprint density at radius 2 is 2.22 bits per heavy atom. The number of nitrogens with zero attached hydrogens (tertiary/aromatic N) is 3. The molecule has 1 fully saturated rings. The third-order valence-electron chi connectivity index (χ3n) is 2.83. The van der Waals surface area contributed by atoms with Gasteiger partial charge >= 0.3 is 0 Å². The predicted molar refractivity (Wildman–Crippen MR) is 72.1 cm³/mol. The zero-order valence-electron chi connectivity index (χ0n) is 11.4. The Hall–Kier alpha value is -1.36. The maximum absolute atomic E-state index is 5.56. The summed E-state index contributed by atoms with van der Waals surface area (Å²) in [5.74, 6) is 1.54. The topological polar surface area (TPSA) is 50.3 Å². The quantitative estimate of drug-likeness (QED) is 0.794. The second kappa shape index (κ2) is 6.00. The van der Waals surface area contributed by atoms with E-state index in [-0.39, 0.29) is 6.10 Å². The van der Waals surface area contributed by atoms with Gasteiger partial charge < -0.3 is 15.0 Å². The number of likely N-dealkylation sites (N-methyl/N-ethyl adjacent to an activating group) is 1. The van der Waals surface area contributed by atoms with E-state index in [4.69, 9.17) is 4.74 Å². The van der Waals surface area contributed by atoms with E-state index in [1.54, 1.807) is 6.33 Å². The van der Waals surface area contributed by atoms with Gasteiger partial charge in [0.05, 0.1) is 6.10 Å². The third-order valence-corrected chi connectivity index (χ3v) is 2.83. The Morgan fingerprint density at radius 3 is 2.89 bits per heavy atom. The van der Waals surface area contributed by atoms with Gasteiger partial charge in [-0.3, -0.25) is 0 Å². The molecule has 1 aromatic rings. The Labute approximate surface area is 109 Å². The van der Waals surface area contributed by atoms with Gasteiger partial charge in [0.25, 0.3) is 0 Å². The highest BCUT2D eigenvalue weighted by atomic mass is 16.5. The van der Waals surface area contributed by atoms with Crippen LogP contribution in [-0.4, -0.2) is 42.3 Å². The minimum Gasteiger partial charge on any atom is -0.475 e. The average molecular weight is 250 g/mol. The van der Waals surface area contributed by atoms with Gasteiger partial charge in [0, 0.05) is 32.2 Å². The molecule has 2 rings (SSSR count). The zero-order valence-corrected chi connectivity index (χ0v) is 11.4. The van der Waals surface area contributed by atoms with E-state index in [1.165, 1.54) is 12.8 Å². The van der Waals surface area contributed by atoms with Crippen molar-refractivity contribution in [2.45, 2.75) is 38.8 Å². The first-order chi connectivity index (χ1) is 8.65. The molecule has 1 N–H and O–H groups in total. The number of hydrogen-bond donors (Lipinski definition) is 1. The van der Waals surface area contributed by atoms with Crippen molar-refractivity contribution < 1.29 is 4.74 Å². The van der Waals surface area contributed by atoms with Gasteiger partial charge in [-0.15, -0.1) is 0 Å². The van der Waals surface area contributed by atoms with E-state index in [0.717, 1.165) is 24.9 Å². The molecule has 100 valence electrons. The van der Waals surface area contributed by atoms with E-state index in [0.29, 0.717) is 5.88 Å². The monoisotopic (exact) mass is 250 g/mol. The number of aromatic nitrogens is 2. The average Bonchev–Trinajstić information content (AvgIpc) is 3.12. The lowest BCUT2D eigenvalue weighted by Gasteiger charge is -2.19. The van der Waals surface area contributed by atoms with Crippen molar-refractivity contribution in [2.24, 2.45) is 0 Å². The van der Waals surface area contributed by atoms with Crippen LogP contribution in [0.5, 0.6) is 5.88 Å². The van der Waals surface area contributed by atoms with E-state index in [9.17, 15) is 0 Å². The summed E-state index contributed by atoms with van der Waals surface area (Å²) in [6, 6.07) is 2.64. The molecule has 5 heteroatoms. The molecule has 0 spiro atoms. The molecule has 0 aliphatic heterocycles. The third kappa shape index (κ3) is 4.14. The molecule has 1 aromatic heterocycles. The maximum Gasteiger partial charge on any atom is 0.218 e. The van der Waals surface area contributed by atoms with Crippen molar-refractivity contribution in [1.29, 1.82) is 0 Å². The minimum atomic E-state index is 0.134. The lowest BCUT2D eigenvalue weighted by atomic mass is 10.4. The molecule has 1 heterocycles. The van der Waals surface area contributed by atoms with Crippen LogP contribution >= 0.6 is 0 Å². The number of anilines is 1. The van der Waals surface area contributed by atoms with Gasteiger partial charge in [-0.25, -0.2) is 9.97 Å². The summed E-state index contributed by atoms with van der Waals surface area (Å²) < 4.78 is 5.56. The molecular formula is C13H22N4O. The summed E-state index contributed by atoms with van der Waals surface area (Å²) >= 11 is 0. The minimum absolute atomic E-state index is 0.134. The predicted octanol–water partition coefficient (Wildman–Crippen LogP) is 1.45. The Balaban J connectivity index is 1.85. The van der Waals surface area contributed by atoms with Gasteiger partial charge in [0.15, 0.2) is 0 Å². The molecule has 1 saturated carbocycles. The van der Waals surface area contributed by atoms with Gasteiger partial charge in [-0.2, -0.15) is 0 Å². The normalized spacial score (nSPS) is 14.9. The van der Waals surface area contributed by atoms with Gasteiger partial charge in [0.2, 0.25) is 5.88 Å². The molecule has 0 atom stereocenters. The molecule has 0 radical (unpaired) electrons. The summed E-state index contributed by atoms with van der Waals surface area (Å²) in [5.41, 5.74) is 0. The molecule has 1 aliphatic carbocycles. The second-order valence-electron chi connectivity index (χ2n) is 5.03. The number of nitrogens with one attached hydrogen (secondary N) is 1. The number of rotatable bonds is 7. The van der Waals surface area contributed by atoms with Gasteiger partial charge in [-0.05, 0) is 26.7 Å². The highest BCUT2D eigenvalue weighted by Gasteiger charge is 2.19. The van der Waals surface area contributed by atoms with Crippen LogP contribution in [0.15, 0.2) is 12.4 Å². The summed E-state index contributed by atoms with van der Waals surface area (Å²) in [6.07, 6.45) is 4.33. The molecule has 0 bridgehead atoms. The highest BCUT2D eigenvalue weighted by molar-refractivity contribution is 5.39. The molecule has 0 unspecified atom stereocenters. The number of ether oxygens (including phenoxy) is 1. The second-order valence-corrected chi connectivity index (χ2v) is 5.03. The van der Waals surface area contributed by atoms with Crippen molar-refractivity contribution in [1.82, 2.24) is 15.3 Å². The van der Waals surface area contributed by atoms with Crippen LogP contribution in [0.25, 0.3) is 0 Å². The summed E-state index contributed by atoms with van der Waals surface area (Å²) in [7, 11) is 2.04. The van der Waals surface area contributed by atoms with Crippen LogP contribution < -0.4 is 15.0 Å². The van der Waals surface area contributed by atoms with Crippen molar-refractivity contribution >= 4 is 5.82 Å². The fourth-order valence-corrected chi connectivity index (χ4v) is 1.68. The lowest BCUT2D eigenvalue weighted by molar-refractivity contribution is 0.232. The van der Waals surface area contributed by atoms with E-state index in [1.807, 2.05) is 27.0 Å². The molecule has 0 aromatic carbocycles. The summed E-state index contributed by atoms with van der Waals surface area (Å²) in [6.45, 7) is 5.91. The first-order valence-electron chi connectivity index (χ1n) is 6.58. The van der Waals surface area contributed by atoms with E-state index < -0.39 is 0 Å². The summed E-state index contributed by atoms with van der Waals surface area (Å²) in [4.78, 5) is 10.5. The van der Waals surface area contributed by atoms with Crippen molar-refractivity contribution in [3.05, 3.63) is 12.4 Å². The van der Waals surface area contributed by atoms with Crippen LogP contribution in [0.2, 0.25) is 0 Å². The first-order valence-corrected chi connectivity index (χ1v) is 6.58. The van der Waals surface area contributed by atoms with Gasteiger partial charge in [-0.1, -0.05) is 0 Å². The smallest absolute Gasteiger partial charge is 0.218 e. The first kappa shape index (κ1) is 13.1. The highest BCUT2D eigenvalue weighted by Crippen LogP contribution is 2.18. The van der Waals surface area contributed by atoms with Crippen molar-refractivity contribution in [2.75, 3.05) is 25.0 Å². The van der Waals surface area contributed by atoms with Crippen LogP contribution in [0.4, 0.5) is 5.82 Å². The maximum atomic E-state index is 5.56. The molecule has 1 aliphatic rings. The van der Waals surface area contributed by atoms with Gasteiger partial charge in [0.1, 0.15) is 12.1 Å². The molecule has 0 amide bonds. The van der Waals surface area contributed by atoms with Crippen molar-refractivity contribution in [3.63, 3.8) is 0 Å². The Kier molecular flexibility index (Phi) is 4.36. The Morgan fingerprint density at radius 1 is 1.44 bits per heavy atom.